The second kappa shape index (κ2) is 9.41. The molecule has 9 heteroatoms. The smallest absolute Gasteiger partial charge is 0.246 e. The van der Waals surface area contributed by atoms with E-state index in [4.69, 9.17) is 16.1 Å². The van der Waals surface area contributed by atoms with Crippen LogP contribution >= 0.6 is 35.6 Å². The largest absolute Gasteiger partial charge is 0.352 e. The van der Waals surface area contributed by atoms with Gasteiger partial charge in [-0.2, -0.15) is 4.98 Å². The first-order chi connectivity index (χ1) is 13.1. The molecule has 2 atom stereocenters. The summed E-state index contributed by atoms with van der Waals surface area (Å²) in [4.78, 5) is 11.3. The summed E-state index contributed by atoms with van der Waals surface area (Å²) in [6.07, 6.45) is 2.69. The molecule has 1 saturated carbocycles. The molecular formula is C19H26ClIN6O. The first-order valence-corrected chi connectivity index (χ1v) is 9.80. The summed E-state index contributed by atoms with van der Waals surface area (Å²) in [7, 11) is 1.78. The number of guanidine groups is 1. The van der Waals surface area contributed by atoms with Crippen LogP contribution in [-0.2, 0) is 6.54 Å². The van der Waals surface area contributed by atoms with Gasteiger partial charge < -0.3 is 15.2 Å². The molecule has 0 radical (unpaired) electrons. The van der Waals surface area contributed by atoms with Gasteiger partial charge in [0.25, 0.3) is 0 Å². The van der Waals surface area contributed by atoms with E-state index in [2.05, 4.69) is 37.6 Å². The number of benzene rings is 1. The minimum atomic E-state index is 0. The summed E-state index contributed by atoms with van der Waals surface area (Å²) >= 11 is 6.02. The highest BCUT2D eigenvalue weighted by atomic mass is 127. The zero-order valence-electron chi connectivity index (χ0n) is 16.1. The number of aromatic nitrogens is 2. The molecule has 0 spiro atoms. The zero-order valence-corrected chi connectivity index (χ0v) is 19.1. The van der Waals surface area contributed by atoms with Crippen LogP contribution in [0.3, 0.4) is 0 Å². The average Bonchev–Trinajstić information content (AvgIpc) is 3.30. The van der Waals surface area contributed by atoms with Crippen molar-refractivity contribution < 1.29 is 4.52 Å². The fourth-order valence-electron chi connectivity index (χ4n) is 3.53. The van der Waals surface area contributed by atoms with Gasteiger partial charge in [0.2, 0.25) is 11.7 Å². The van der Waals surface area contributed by atoms with E-state index in [-0.39, 0.29) is 24.0 Å². The molecule has 2 aromatic rings. The minimum absolute atomic E-state index is 0. The molecule has 28 heavy (non-hydrogen) atoms. The van der Waals surface area contributed by atoms with Crippen LogP contribution in [0.25, 0.3) is 11.4 Å². The Balaban J connectivity index is 0.00000225. The first kappa shape index (κ1) is 21.3. The van der Waals surface area contributed by atoms with Crippen LogP contribution in [0.1, 0.15) is 25.7 Å². The van der Waals surface area contributed by atoms with Crippen LogP contribution in [0.4, 0.5) is 0 Å². The highest BCUT2D eigenvalue weighted by Gasteiger charge is 2.38. The summed E-state index contributed by atoms with van der Waals surface area (Å²) < 4.78 is 5.34. The van der Waals surface area contributed by atoms with Crippen LogP contribution in [0.15, 0.2) is 33.8 Å². The maximum atomic E-state index is 6.02. The molecule has 0 bridgehead atoms. The van der Waals surface area contributed by atoms with Crippen molar-refractivity contribution >= 4 is 41.5 Å². The van der Waals surface area contributed by atoms with Gasteiger partial charge in [0.15, 0.2) is 5.96 Å². The maximum Gasteiger partial charge on any atom is 0.246 e. The molecule has 1 aliphatic heterocycles. The Morgan fingerprint density at radius 3 is 2.89 bits per heavy atom. The topological polar surface area (TPSA) is 78.6 Å². The lowest BCUT2D eigenvalue weighted by Gasteiger charge is -2.19. The third kappa shape index (κ3) is 5.15. The maximum absolute atomic E-state index is 6.02. The number of likely N-dealkylation sites (tertiary alicyclic amines) is 1. The van der Waals surface area contributed by atoms with E-state index >= 15 is 0 Å². The van der Waals surface area contributed by atoms with Crippen molar-refractivity contribution in [2.45, 2.75) is 38.4 Å². The van der Waals surface area contributed by atoms with E-state index in [0.29, 0.717) is 35.2 Å². The fourth-order valence-corrected chi connectivity index (χ4v) is 3.72. The van der Waals surface area contributed by atoms with Gasteiger partial charge in [-0.15, -0.1) is 24.0 Å². The summed E-state index contributed by atoms with van der Waals surface area (Å²) in [5.74, 6) is 2.39. The van der Waals surface area contributed by atoms with Crippen LogP contribution in [0.2, 0.25) is 5.02 Å². The number of rotatable bonds is 5. The molecule has 1 saturated heterocycles. The van der Waals surface area contributed by atoms with Gasteiger partial charge in [0, 0.05) is 42.8 Å². The van der Waals surface area contributed by atoms with E-state index in [1.54, 1.807) is 7.05 Å². The van der Waals surface area contributed by atoms with Gasteiger partial charge in [0.1, 0.15) is 0 Å². The molecule has 152 valence electrons. The number of hydrogen-bond acceptors (Lipinski definition) is 5. The molecule has 2 aliphatic rings. The Labute approximate surface area is 187 Å². The van der Waals surface area contributed by atoms with E-state index < -0.39 is 0 Å². The molecule has 4 rings (SSSR count). The van der Waals surface area contributed by atoms with E-state index in [1.807, 2.05) is 24.3 Å². The highest BCUT2D eigenvalue weighted by molar-refractivity contribution is 14.0. The SMILES string of the molecule is CN=C(NCc1nc(-c2cccc(Cl)c2)no1)NC1CN(C2CC2)CC1C.I. The van der Waals surface area contributed by atoms with Gasteiger partial charge in [-0.25, -0.2) is 0 Å². The number of aliphatic imine (C=N–C) groups is 1. The van der Waals surface area contributed by atoms with Crippen molar-refractivity contribution in [3.63, 3.8) is 0 Å². The summed E-state index contributed by atoms with van der Waals surface area (Å²) in [5.41, 5.74) is 0.833. The van der Waals surface area contributed by atoms with Crippen molar-refractivity contribution in [1.82, 2.24) is 25.7 Å². The summed E-state index contributed by atoms with van der Waals surface area (Å²) in [6.45, 7) is 4.95. The van der Waals surface area contributed by atoms with E-state index in [1.165, 1.54) is 12.8 Å². The Morgan fingerprint density at radius 1 is 1.36 bits per heavy atom. The molecular weight excluding hydrogens is 491 g/mol. The minimum Gasteiger partial charge on any atom is -0.352 e. The monoisotopic (exact) mass is 516 g/mol. The lowest BCUT2D eigenvalue weighted by atomic mass is 10.1. The molecule has 2 fully saturated rings. The zero-order chi connectivity index (χ0) is 18.8. The van der Waals surface area contributed by atoms with Gasteiger partial charge in [-0.1, -0.05) is 35.8 Å². The second-order valence-electron chi connectivity index (χ2n) is 7.36. The molecule has 7 nitrogen and oxygen atoms in total. The standard InChI is InChI=1S/C19H25ClN6O.HI/c1-12-10-26(15-6-7-15)11-16(12)23-19(21-2)22-9-17-24-18(25-27-17)13-4-3-5-14(20)8-13;/h3-5,8,12,15-16H,6-7,9-11H2,1-2H3,(H2,21,22,23);1H. The average molecular weight is 517 g/mol. The number of nitrogens with zero attached hydrogens (tertiary/aromatic N) is 4. The lowest BCUT2D eigenvalue weighted by Crippen LogP contribution is -2.46. The number of hydrogen-bond donors (Lipinski definition) is 2. The second-order valence-corrected chi connectivity index (χ2v) is 7.80. The number of halogens is 2. The van der Waals surface area contributed by atoms with Crippen molar-refractivity contribution in [3.05, 3.63) is 35.2 Å². The number of nitrogens with one attached hydrogen (secondary N) is 2. The summed E-state index contributed by atoms with van der Waals surface area (Å²) in [6, 6.07) is 8.61. The molecule has 2 N–H and O–H groups in total. The van der Waals surface area contributed by atoms with Gasteiger partial charge >= 0.3 is 0 Å². The Hall–Kier alpha value is -1.39. The van der Waals surface area contributed by atoms with Crippen molar-refractivity contribution in [2.24, 2.45) is 10.9 Å². The highest BCUT2D eigenvalue weighted by Crippen LogP contribution is 2.31. The van der Waals surface area contributed by atoms with Crippen LogP contribution in [-0.4, -0.2) is 53.2 Å². The van der Waals surface area contributed by atoms with Crippen LogP contribution < -0.4 is 10.6 Å². The molecule has 2 unspecified atom stereocenters. The molecule has 1 aromatic carbocycles. The third-order valence-corrected chi connectivity index (χ3v) is 5.44. The predicted octanol–water partition coefficient (Wildman–Crippen LogP) is 3.16. The quantitative estimate of drug-likeness (QED) is 0.361. The molecule has 1 aliphatic carbocycles. The summed E-state index contributed by atoms with van der Waals surface area (Å²) in [5, 5.41) is 11.5. The van der Waals surface area contributed by atoms with Crippen LogP contribution in [0, 0.1) is 5.92 Å². The van der Waals surface area contributed by atoms with E-state index in [9.17, 15) is 0 Å². The Morgan fingerprint density at radius 2 is 2.18 bits per heavy atom. The van der Waals surface area contributed by atoms with Crippen LogP contribution in [0.5, 0.6) is 0 Å². The van der Waals surface area contributed by atoms with E-state index in [0.717, 1.165) is 30.7 Å². The molecule has 1 aromatic heterocycles. The fraction of sp³-hybridized carbons (Fsp3) is 0.526. The third-order valence-electron chi connectivity index (χ3n) is 5.21. The predicted molar refractivity (Wildman–Crippen MR) is 121 cm³/mol. The Kier molecular flexibility index (Phi) is 7.16. The van der Waals surface area contributed by atoms with Gasteiger partial charge in [-0.3, -0.25) is 9.89 Å². The van der Waals surface area contributed by atoms with Crippen molar-refractivity contribution in [3.8, 4) is 11.4 Å². The van der Waals surface area contributed by atoms with Crippen molar-refractivity contribution in [1.29, 1.82) is 0 Å². The Bertz CT molecular complexity index is 824. The normalized spacial score (nSPS) is 22.8. The van der Waals surface area contributed by atoms with Gasteiger partial charge in [0.05, 0.1) is 6.54 Å². The van der Waals surface area contributed by atoms with Crippen molar-refractivity contribution in [2.75, 3.05) is 20.1 Å². The molecule has 0 amide bonds. The van der Waals surface area contributed by atoms with Gasteiger partial charge in [-0.05, 0) is 30.9 Å². The lowest BCUT2D eigenvalue weighted by molar-refractivity contribution is 0.315. The molecule has 2 heterocycles. The first-order valence-electron chi connectivity index (χ1n) is 9.42.